The van der Waals surface area contributed by atoms with Crippen LogP contribution in [-0.2, 0) is 19.2 Å². The largest absolute Gasteiger partial charge is 0.426 e. The number of fused-ring (bicyclic) bond motifs is 1. The van der Waals surface area contributed by atoms with Crippen molar-refractivity contribution in [3.05, 3.63) is 66.7 Å². The lowest BCUT2D eigenvalue weighted by atomic mass is 9.78. The van der Waals surface area contributed by atoms with Crippen LogP contribution in [0.15, 0.2) is 66.7 Å². The summed E-state index contributed by atoms with van der Waals surface area (Å²) < 4.78 is 5.56. The van der Waals surface area contributed by atoms with E-state index in [0.717, 1.165) is 5.69 Å². The van der Waals surface area contributed by atoms with Gasteiger partial charge in [0.05, 0.1) is 23.4 Å². The highest BCUT2D eigenvalue weighted by Crippen LogP contribution is 2.41. The van der Waals surface area contributed by atoms with Crippen molar-refractivity contribution in [2.24, 2.45) is 23.7 Å². The molecule has 0 saturated carbocycles. The molecule has 3 amide bonds. The van der Waals surface area contributed by atoms with E-state index in [2.05, 4.69) is 0 Å². The zero-order valence-electron chi connectivity index (χ0n) is 18.2. The van der Waals surface area contributed by atoms with Crippen LogP contribution in [0.1, 0.15) is 19.8 Å². The summed E-state index contributed by atoms with van der Waals surface area (Å²) in [6.45, 7) is 2.19. The topological polar surface area (TPSA) is 84.0 Å². The molecule has 2 saturated heterocycles. The fourth-order valence-corrected chi connectivity index (χ4v) is 5.01. The second-order valence-corrected chi connectivity index (χ2v) is 8.83. The normalized spacial score (nSPS) is 26.6. The van der Waals surface area contributed by atoms with Gasteiger partial charge in [0.25, 0.3) is 0 Å². The maximum Gasteiger partial charge on any atom is 0.316 e. The van der Waals surface area contributed by atoms with Crippen molar-refractivity contribution < 1.29 is 23.9 Å². The minimum atomic E-state index is -0.591. The van der Waals surface area contributed by atoms with Gasteiger partial charge in [0.15, 0.2) is 0 Å². The number of para-hydroxylation sites is 1. The molecule has 2 aromatic rings. The third-order valence-electron chi connectivity index (χ3n) is 6.69. The van der Waals surface area contributed by atoms with Crippen LogP contribution < -0.4 is 14.5 Å². The number of imide groups is 1. The third-order valence-corrected chi connectivity index (χ3v) is 6.69. The van der Waals surface area contributed by atoms with Crippen molar-refractivity contribution in [2.75, 3.05) is 16.3 Å². The van der Waals surface area contributed by atoms with E-state index in [1.54, 1.807) is 23.1 Å². The van der Waals surface area contributed by atoms with Gasteiger partial charge in [0.1, 0.15) is 5.75 Å². The number of hydrogen-bond donors (Lipinski definition) is 0. The van der Waals surface area contributed by atoms with Crippen LogP contribution in [-0.4, -0.2) is 30.2 Å². The van der Waals surface area contributed by atoms with Crippen molar-refractivity contribution >= 4 is 35.1 Å². The number of benzene rings is 2. The maximum atomic E-state index is 13.0. The summed E-state index contributed by atoms with van der Waals surface area (Å²) in [5.41, 5.74) is 1.14. The zero-order chi connectivity index (χ0) is 23.1. The Hall–Kier alpha value is -3.74. The average molecular weight is 444 g/mol. The Labute approximate surface area is 191 Å². The number of rotatable bonds is 4. The minimum absolute atomic E-state index is 0.00123. The SMILES string of the molecule is C[C@@H]1C=CC[C@@H]2C(=O)N(c3cccc(OC(=O)[C@@H]4CC(=O)N(c5ccccc5)C4)c3)C(=O)[C@@H]12. The fourth-order valence-electron chi connectivity index (χ4n) is 5.01. The van der Waals surface area contributed by atoms with E-state index < -0.39 is 11.9 Å². The molecule has 2 aliphatic heterocycles. The molecule has 4 atom stereocenters. The van der Waals surface area contributed by atoms with Crippen LogP contribution in [0.4, 0.5) is 11.4 Å². The molecule has 3 aliphatic rings. The quantitative estimate of drug-likeness (QED) is 0.313. The van der Waals surface area contributed by atoms with Gasteiger partial charge < -0.3 is 9.64 Å². The van der Waals surface area contributed by atoms with Crippen molar-refractivity contribution in [2.45, 2.75) is 19.8 Å². The number of ether oxygens (including phenoxy) is 1. The van der Waals surface area contributed by atoms with Gasteiger partial charge in [-0.05, 0) is 36.6 Å². The van der Waals surface area contributed by atoms with Crippen LogP contribution in [0.25, 0.3) is 0 Å². The highest BCUT2D eigenvalue weighted by Gasteiger charge is 2.50. The van der Waals surface area contributed by atoms with E-state index in [-0.39, 0.29) is 54.2 Å². The molecule has 0 N–H and O–H groups in total. The Morgan fingerprint density at radius 2 is 1.73 bits per heavy atom. The first kappa shape index (κ1) is 21.1. The third kappa shape index (κ3) is 3.73. The molecule has 7 heteroatoms. The van der Waals surface area contributed by atoms with E-state index in [1.165, 1.54) is 11.0 Å². The first-order chi connectivity index (χ1) is 15.9. The van der Waals surface area contributed by atoms with Gasteiger partial charge in [-0.15, -0.1) is 0 Å². The van der Waals surface area contributed by atoms with Gasteiger partial charge in [-0.25, -0.2) is 4.90 Å². The van der Waals surface area contributed by atoms with Crippen molar-refractivity contribution in [1.29, 1.82) is 0 Å². The second-order valence-electron chi connectivity index (χ2n) is 8.83. The summed E-state index contributed by atoms with van der Waals surface area (Å²) in [7, 11) is 0. The Morgan fingerprint density at radius 3 is 2.48 bits per heavy atom. The maximum absolute atomic E-state index is 13.0. The lowest BCUT2D eigenvalue weighted by Gasteiger charge is -2.22. The van der Waals surface area contributed by atoms with Crippen LogP contribution >= 0.6 is 0 Å². The lowest BCUT2D eigenvalue weighted by Crippen LogP contribution is -2.31. The molecule has 2 aromatic carbocycles. The Kier molecular flexibility index (Phi) is 5.32. The Bertz CT molecular complexity index is 1160. The summed E-state index contributed by atoms with van der Waals surface area (Å²) in [6.07, 6.45) is 4.57. The number of carbonyl (C=O) groups excluding carboxylic acids is 4. The molecule has 1 aliphatic carbocycles. The molecule has 5 rings (SSSR count). The predicted molar refractivity (Wildman–Crippen MR) is 121 cm³/mol. The molecule has 0 spiro atoms. The molecule has 2 fully saturated rings. The van der Waals surface area contributed by atoms with Crippen molar-refractivity contribution in [1.82, 2.24) is 0 Å². The summed E-state index contributed by atoms with van der Waals surface area (Å²) in [5.74, 6) is -2.14. The highest BCUT2D eigenvalue weighted by atomic mass is 16.5. The standard InChI is InChI=1S/C26H24N2O5/c1-16-7-5-12-21-23(16)25(31)28(24(21)30)19-10-6-11-20(14-19)33-26(32)17-13-22(29)27(15-17)18-8-3-2-4-9-18/h2-11,14,16-17,21,23H,12-13,15H2,1H3/t16-,17-,21+,23+/m1/s1. The Balaban J connectivity index is 1.30. The van der Waals surface area contributed by atoms with Gasteiger partial charge in [-0.3, -0.25) is 19.2 Å². The summed E-state index contributed by atoms with van der Waals surface area (Å²) >= 11 is 0. The predicted octanol–water partition coefficient (Wildman–Crippen LogP) is 3.35. The van der Waals surface area contributed by atoms with Gasteiger partial charge >= 0.3 is 5.97 Å². The molecule has 2 heterocycles. The minimum Gasteiger partial charge on any atom is -0.426 e. The van der Waals surface area contributed by atoms with E-state index in [9.17, 15) is 19.2 Å². The highest BCUT2D eigenvalue weighted by molar-refractivity contribution is 6.22. The lowest BCUT2D eigenvalue weighted by molar-refractivity contribution is -0.139. The number of amides is 3. The van der Waals surface area contributed by atoms with Crippen LogP contribution in [0, 0.1) is 23.7 Å². The summed E-state index contributed by atoms with van der Waals surface area (Å²) in [4.78, 5) is 54.0. The van der Waals surface area contributed by atoms with Crippen LogP contribution in [0.3, 0.4) is 0 Å². The summed E-state index contributed by atoms with van der Waals surface area (Å²) in [5, 5.41) is 0. The van der Waals surface area contributed by atoms with Gasteiger partial charge in [-0.2, -0.15) is 0 Å². The second kappa shape index (κ2) is 8.31. The van der Waals surface area contributed by atoms with E-state index in [0.29, 0.717) is 12.1 Å². The number of nitrogens with zero attached hydrogens (tertiary/aromatic N) is 2. The molecule has 0 aromatic heterocycles. The van der Waals surface area contributed by atoms with Gasteiger partial charge in [0, 0.05) is 24.7 Å². The van der Waals surface area contributed by atoms with Gasteiger partial charge in [-0.1, -0.05) is 43.3 Å². The summed E-state index contributed by atoms with van der Waals surface area (Å²) in [6, 6.07) is 15.7. The first-order valence-electron chi connectivity index (χ1n) is 11.2. The zero-order valence-corrected chi connectivity index (χ0v) is 18.2. The van der Waals surface area contributed by atoms with E-state index >= 15 is 0 Å². The van der Waals surface area contributed by atoms with Crippen LogP contribution in [0.2, 0.25) is 0 Å². The fraction of sp³-hybridized carbons (Fsp3) is 0.308. The molecule has 0 bridgehead atoms. The van der Waals surface area contributed by atoms with E-state index in [1.807, 2.05) is 49.4 Å². The van der Waals surface area contributed by atoms with Crippen molar-refractivity contribution in [3.8, 4) is 5.75 Å². The molecular formula is C26H24N2O5. The van der Waals surface area contributed by atoms with E-state index in [4.69, 9.17) is 4.74 Å². The number of carbonyl (C=O) groups is 4. The number of hydrogen-bond acceptors (Lipinski definition) is 5. The Morgan fingerprint density at radius 1 is 0.970 bits per heavy atom. The molecule has 33 heavy (non-hydrogen) atoms. The molecular weight excluding hydrogens is 420 g/mol. The molecule has 0 radical (unpaired) electrons. The van der Waals surface area contributed by atoms with Gasteiger partial charge in [0.2, 0.25) is 17.7 Å². The average Bonchev–Trinajstić information content (AvgIpc) is 3.33. The van der Waals surface area contributed by atoms with Crippen molar-refractivity contribution in [3.63, 3.8) is 0 Å². The molecule has 7 nitrogen and oxygen atoms in total. The molecule has 0 unspecified atom stereocenters. The monoisotopic (exact) mass is 444 g/mol. The number of allylic oxidation sites excluding steroid dienone is 2. The number of anilines is 2. The first-order valence-corrected chi connectivity index (χ1v) is 11.2. The number of esters is 1. The molecule has 168 valence electrons. The van der Waals surface area contributed by atoms with Crippen LogP contribution in [0.5, 0.6) is 5.75 Å². The smallest absolute Gasteiger partial charge is 0.316 e.